The predicted octanol–water partition coefficient (Wildman–Crippen LogP) is 16.0. The number of carbonyl (C=O) groups is 2. The largest absolute Gasteiger partial charge is 0.462 e. The summed E-state index contributed by atoms with van der Waals surface area (Å²) in [6.07, 6.45) is 24.1. The molecule has 0 aliphatic heterocycles. The van der Waals surface area contributed by atoms with Crippen LogP contribution in [0.25, 0.3) is 0 Å². The molecule has 0 saturated carbocycles. The summed E-state index contributed by atoms with van der Waals surface area (Å²) in [5, 5.41) is 0. The van der Waals surface area contributed by atoms with Gasteiger partial charge in [-0.25, -0.2) is 0 Å². The summed E-state index contributed by atoms with van der Waals surface area (Å²) in [5.41, 5.74) is -0.910. The molecule has 0 bridgehead atoms. The maximum Gasteiger partial charge on any atom is 0.311 e. The van der Waals surface area contributed by atoms with Crippen LogP contribution >= 0.6 is 0 Å². The van der Waals surface area contributed by atoms with Gasteiger partial charge in [0, 0.05) is 0 Å². The molecule has 0 N–H and O–H groups in total. The van der Waals surface area contributed by atoms with Crippen LogP contribution in [-0.4, -0.2) is 25.2 Å². The number of hydrogen-bond acceptors (Lipinski definition) is 4. The molecule has 4 heteroatoms. The van der Waals surface area contributed by atoms with Gasteiger partial charge >= 0.3 is 11.9 Å². The molecule has 0 rings (SSSR count). The maximum atomic E-state index is 13.3. The molecule has 332 valence electrons. The molecular weight excluding hydrogens is 701 g/mol. The lowest BCUT2D eigenvalue weighted by Crippen LogP contribution is -2.34. The molecule has 0 radical (unpaired) electrons. The van der Waals surface area contributed by atoms with Gasteiger partial charge in [0.25, 0.3) is 0 Å². The fourth-order valence-corrected chi connectivity index (χ4v) is 9.45. The maximum absolute atomic E-state index is 13.3. The molecule has 0 aliphatic rings. The highest BCUT2D eigenvalue weighted by atomic mass is 16.6. The topological polar surface area (TPSA) is 52.6 Å². The lowest BCUT2D eigenvalue weighted by atomic mass is 9.70. The zero-order valence-corrected chi connectivity index (χ0v) is 42.4. The molecule has 0 aromatic heterocycles. The van der Waals surface area contributed by atoms with E-state index < -0.39 is 10.8 Å². The minimum Gasteiger partial charge on any atom is -0.462 e. The van der Waals surface area contributed by atoms with Crippen molar-refractivity contribution >= 4 is 11.9 Å². The van der Waals surface area contributed by atoms with E-state index in [9.17, 15) is 9.59 Å². The van der Waals surface area contributed by atoms with E-state index in [1.807, 2.05) is 27.7 Å². The second-order valence-electron chi connectivity index (χ2n) is 26.6. The van der Waals surface area contributed by atoms with Crippen molar-refractivity contribution in [1.82, 2.24) is 0 Å². The Kier molecular flexibility index (Phi) is 18.8. The van der Waals surface area contributed by atoms with Crippen LogP contribution in [0.5, 0.6) is 0 Å². The Labute approximate surface area is 356 Å². The number of carbonyl (C=O) groups excluding carboxylic acids is 2. The lowest BCUT2D eigenvalue weighted by Gasteiger charge is -2.35. The predicted molar refractivity (Wildman–Crippen MR) is 249 cm³/mol. The van der Waals surface area contributed by atoms with E-state index in [1.54, 1.807) is 0 Å². The molecule has 0 heterocycles. The van der Waals surface area contributed by atoms with Crippen LogP contribution in [0.2, 0.25) is 0 Å². The standard InChI is InChI=1S/C53H96O4/c1-43(2,3)36-47(11,12)29-28-45(7,8)26-25-27-46(9,10)39-52(21,22)41(54)56-34-35-57-42(55)53(23,24)40-51(19,20)33-32-50(17,18)38-49(15,16)31-30-48(13,14)37-44(4,5)6/h25,27-33H,26,34-40H2,1-24H3/b27-25-,29-28-,31-30-,33-32-. The molecule has 0 atom stereocenters. The second kappa shape index (κ2) is 19.5. The van der Waals surface area contributed by atoms with Crippen LogP contribution in [-0.2, 0) is 19.1 Å². The van der Waals surface area contributed by atoms with Gasteiger partial charge in [-0.2, -0.15) is 0 Å². The molecular formula is C53H96O4. The van der Waals surface area contributed by atoms with Gasteiger partial charge in [0.2, 0.25) is 0 Å². The van der Waals surface area contributed by atoms with Crippen molar-refractivity contribution in [2.75, 3.05) is 13.2 Å². The monoisotopic (exact) mass is 797 g/mol. The smallest absolute Gasteiger partial charge is 0.311 e. The summed E-state index contributed by atoms with van der Waals surface area (Å²) >= 11 is 0. The number of hydrogen-bond donors (Lipinski definition) is 0. The van der Waals surface area contributed by atoms with Crippen molar-refractivity contribution in [2.45, 2.75) is 205 Å². The van der Waals surface area contributed by atoms with E-state index >= 15 is 0 Å². The Morgan fingerprint density at radius 2 is 0.579 bits per heavy atom. The van der Waals surface area contributed by atoms with E-state index in [4.69, 9.17) is 9.47 Å². The summed E-state index contributed by atoms with van der Waals surface area (Å²) in [6.45, 7) is 53.5. The van der Waals surface area contributed by atoms with Crippen LogP contribution in [0, 0.1) is 59.6 Å². The van der Waals surface area contributed by atoms with Gasteiger partial charge in [-0.1, -0.05) is 187 Å². The fraction of sp³-hybridized carbons (Fsp3) is 0.811. The van der Waals surface area contributed by atoms with Crippen LogP contribution in [0.15, 0.2) is 48.6 Å². The second-order valence-corrected chi connectivity index (χ2v) is 26.6. The Hall–Kier alpha value is -2.10. The average molecular weight is 797 g/mol. The third kappa shape index (κ3) is 25.2. The van der Waals surface area contributed by atoms with Crippen LogP contribution in [0.1, 0.15) is 205 Å². The SMILES string of the molecule is CC(C)(C)CC(C)(C)/C=C\C(C)(C)C/C=C\C(C)(C)CC(C)(C)C(=O)OCCOC(=O)C(C)(C)CC(C)(C)/C=C\C(C)(C)CC(C)(C)/C=C\C(C)(C)CC(C)(C)C. The first kappa shape index (κ1) is 54.9. The van der Waals surface area contributed by atoms with E-state index in [1.165, 1.54) is 0 Å². The van der Waals surface area contributed by atoms with Gasteiger partial charge in [0.1, 0.15) is 13.2 Å². The summed E-state index contributed by atoms with van der Waals surface area (Å²) in [6, 6.07) is 0. The van der Waals surface area contributed by atoms with Crippen molar-refractivity contribution < 1.29 is 19.1 Å². The minimum absolute atomic E-state index is 0.0230. The van der Waals surface area contributed by atoms with Crippen molar-refractivity contribution in [3.63, 3.8) is 0 Å². The summed E-state index contributed by atoms with van der Waals surface area (Å²) < 4.78 is 11.4. The van der Waals surface area contributed by atoms with E-state index in [-0.39, 0.29) is 73.9 Å². The Bertz CT molecular complexity index is 1400. The zero-order chi connectivity index (χ0) is 45.4. The fourth-order valence-electron chi connectivity index (χ4n) is 9.45. The zero-order valence-electron chi connectivity index (χ0n) is 42.4. The highest BCUT2D eigenvalue weighted by Gasteiger charge is 2.37. The summed E-state index contributed by atoms with van der Waals surface area (Å²) in [5.74, 6) is -0.547. The van der Waals surface area contributed by atoms with Crippen LogP contribution < -0.4 is 0 Å². The first-order valence-electron chi connectivity index (χ1n) is 22.0. The van der Waals surface area contributed by atoms with Crippen molar-refractivity contribution in [1.29, 1.82) is 0 Å². The van der Waals surface area contributed by atoms with Gasteiger partial charge in [-0.15, -0.1) is 0 Å². The molecule has 57 heavy (non-hydrogen) atoms. The molecule has 0 unspecified atom stereocenters. The van der Waals surface area contributed by atoms with Gasteiger partial charge in [-0.05, 0) is 115 Å². The van der Waals surface area contributed by atoms with Crippen molar-refractivity contribution in [3.8, 4) is 0 Å². The van der Waals surface area contributed by atoms with E-state index in [2.05, 4.69) is 187 Å². The number of allylic oxidation sites excluding steroid dienone is 8. The first-order valence-corrected chi connectivity index (χ1v) is 22.0. The molecule has 0 saturated heterocycles. The molecule has 0 aromatic rings. The van der Waals surface area contributed by atoms with Crippen LogP contribution in [0.4, 0.5) is 0 Å². The van der Waals surface area contributed by atoms with Crippen molar-refractivity contribution in [3.05, 3.63) is 48.6 Å². The normalized spacial score (nSPS) is 15.4. The Morgan fingerprint density at radius 3 is 0.877 bits per heavy atom. The quantitative estimate of drug-likeness (QED) is 0.0622. The van der Waals surface area contributed by atoms with Gasteiger partial charge in [0.15, 0.2) is 0 Å². The lowest BCUT2D eigenvalue weighted by molar-refractivity contribution is -0.164. The average Bonchev–Trinajstić information content (AvgIpc) is 2.92. The molecule has 0 aromatic carbocycles. The van der Waals surface area contributed by atoms with Crippen LogP contribution in [0.3, 0.4) is 0 Å². The first-order chi connectivity index (χ1) is 24.9. The third-order valence-electron chi connectivity index (χ3n) is 10.5. The van der Waals surface area contributed by atoms with E-state index in [0.29, 0.717) is 12.8 Å². The Balaban J connectivity index is 5.21. The summed E-state index contributed by atoms with van der Waals surface area (Å²) in [4.78, 5) is 26.6. The van der Waals surface area contributed by atoms with Gasteiger partial charge < -0.3 is 9.47 Å². The van der Waals surface area contributed by atoms with Crippen molar-refractivity contribution in [2.24, 2.45) is 59.6 Å². The molecule has 0 aliphatic carbocycles. The highest BCUT2D eigenvalue weighted by Crippen LogP contribution is 2.42. The Morgan fingerprint density at radius 1 is 0.333 bits per heavy atom. The van der Waals surface area contributed by atoms with E-state index in [0.717, 1.165) is 25.7 Å². The number of ether oxygens (including phenoxy) is 2. The molecule has 0 spiro atoms. The summed E-state index contributed by atoms with van der Waals surface area (Å²) in [7, 11) is 0. The molecule has 0 amide bonds. The van der Waals surface area contributed by atoms with Gasteiger partial charge in [-0.3, -0.25) is 9.59 Å². The highest BCUT2D eigenvalue weighted by molar-refractivity contribution is 5.77. The third-order valence-corrected chi connectivity index (χ3v) is 10.5. The number of rotatable bonds is 22. The molecule has 4 nitrogen and oxygen atoms in total. The molecule has 0 fully saturated rings. The minimum atomic E-state index is -0.703. The van der Waals surface area contributed by atoms with Gasteiger partial charge in [0.05, 0.1) is 10.8 Å². The number of esters is 2.